The Morgan fingerprint density at radius 3 is 2.68 bits per heavy atom. The van der Waals surface area contributed by atoms with E-state index in [4.69, 9.17) is 4.74 Å². The van der Waals surface area contributed by atoms with Gasteiger partial charge in [0.1, 0.15) is 6.61 Å². The first-order valence-corrected chi connectivity index (χ1v) is 9.46. The molecule has 4 rings (SSSR count). The lowest BCUT2D eigenvalue weighted by Gasteiger charge is -2.34. The van der Waals surface area contributed by atoms with Gasteiger partial charge in [-0.2, -0.15) is 0 Å². The fourth-order valence-electron chi connectivity index (χ4n) is 3.94. The molecule has 0 radical (unpaired) electrons. The predicted molar refractivity (Wildman–Crippen MR) is 102 cm³/mol. The number of amides is 1. The van der Waals surface area contributed by atoms with Gasteiger partial charge in [0.15, 0.2) is 0 Å². The molecule has 2 heterocycles. The Kier molecular flexibility index (Phi) is 4.52. The second kappa shape index (κ2) is 6.81. The first kappa shape index (κ1) is 16.6. The lowest BCUT2D eigenvalue weighted by atomic mass is 9.75. The standard InChI is InChI=1S/C20H21BrN2O2/c21-16-6-7-17-18(12-16)23(14-20(17)8-10-22-11-9-20)19(24)25-13-15-4-2-1-3-5-15/h1-7,12,22H,8-11,13-14H2. The van der Waals surface area contributed by atoms with Crippen LogP contribution in [0.25, 0.3) is 0 Å². The van der Waals surface area contributed by atoms with Gasteiger partial charge in [0.2, 0.25) is 0 Å². The monoisotopic (exact) mass is 400 g/mol. The van der Waals surface area contributed by atoms with Gasteiger partial charge in [0, 0.05) is 16.4 Å². The fourth-order valence-corrected chi connectivity index (χ4v) is 4.29. The van der Waals surface area contributed by atoms with Crippen molar-refractivity contribution in [2.45, 2.75) is 24.9 Å². The van der Waals surface area contributed by atoms with Crippen LogP contribution in [0.3, 0.4) is 0 Å². The molecular weight excluding hydrogens is 380 g/mol. The first-order valence-electron chi connectivity index (χ1n) is 8.67. The third-order valence-corrected chi connectivity index (χ3v) is 5.76. The van der Waals surface area contributed by atoms with Gasteiger partial charge in [-0.05, 0) is 49.2 Å². The molecule has 0 saturated carbocycles. The summed E-state index contributed by atoms with van der Waals surface area (Å²) in [5.41, 5.74) is 3.30. The van der Waals surface area contributed by atoms with Gasteiger partial charge in [-0.3, -0.25) is 4.90 Å². The molecule has 2 aliphatic heterocycles. The van der Waals surface area contributed by atoms with E-state index in [9.17, 15) is 4.79 Å². The average molecular weight is 401 g/mol. The topological polar surface area (TPSA) is 41.6 Å². The molecule has 0 aliphatic carbocycles. The summed E-state index contributed by atoms with van der Waals surface area (Å²) >= 11 is 3.54. The number of anilines is 1. The molecule has 1 spiro atoms. The van der Waals surface area contributed by atoms with Crippen LogP contribution in [0.1, 0.15) is 24.0 Å². The van der Waals surface area contributed by atoms with Crippen LogP contribution >= 0.6 is 15.9 Å². The minimum Gasteiger partial charge on any atom is -0.444 e. The van der Waals surface area contributed by atoms with Crippen LogP contribution in [0, 0.1) is 0 Å². The van der Waals surface area contributed by atoms with Gasteiger partial charge >= 0.3 is 6.09 Å². The Morgan fingerprint density at radius 2 is 1.92 bits per heavy atom. The van der Waals surface area contributed by atoms with Gasteiger partial charge in [-0.1, -0.05) is 52.3 Å². The maximum Gasteiger partial charge on any atom is 0.414 e. The van der Waals surface area contributed by atoms with Gasteiger partial charge in [0.25, 0.3) is 0 Å². The molecule has 25 heavy (non-hydrogen) atoms. The van der Waals surface area contributed by atoms with Crippen molar-refractivity contribution in [2.24, 2.45) is 0 Å². The van der Waals surface area contributed by atoms with E-state index in [1.165, 1.54) is 5.56 Å². The van der Waals surface area contributed by atoms with Crippen molar-refractivity contribution in [3.05, 3.63) is 64.1 Å². The van der Waals surface area contributed by atoms with E-state index in [-0.39, 0.29) is 11.5 Å². The number of nitrogens with zero attached hydrogens (tertiary/aromatic N) is 1. The van der Waals surface area contributed by atoms with E-state index in [2.05, 4.69) is 33.4 Å². The lowest BCUT2D eigenvalue weighted by molar-refractivity contribution is 0.145. The summed E-state index contributed by atoms with van der Waals surface area (Å²) in [4.78, 5) is 14.6. The molecule has 1 N–H and O–H groups in total. The number of ether oxygens (including phenoxy) is 1. The highest BCUT2D eigenvalue weighted by Crippen LogP contribution is 2.47. The molecule has 0 bridgehead atoms. The molecule has 1 saturated heterocycles. The number of piperidine rings is 1. The molecule has 0 atom stereocenters. The normalized spacial score (nSPS) is 18.2. The predicted octanol–water partition coefficient (Wildman–Crippen LogP) is 4.23. The number of hydrogen-bond acceptors (Lipinski definition) is 3. The molecule has 1 fully saturated rings. The molecule has 2 aliphatic rings. The van der Waals surface area contributed by atoms with E-state index >= 15 is 0 Å². The Balaban J connectivity index is 1.57. The summed E-state index contributed by atoms with van der Waals surface area (Å²) in [6, 6.07) is 16.1. The quantitative estimate of drug-likeness (QED) is 0.819. The summed E-state index contributed by atoms with van der Waals surface area (Å²) in [5, 5.41) is 3.42. The first-order chi connectivity index (χ1) is 12.2. The molecular formula is C20H21BrN2O2. The second-order valence-corrected chi connectivity index (χ2v) is 7.73. The van der Waals surface area contributed by atoms with Gasteiger partial charge < -0.3 is 10.1 Å². The number of benzene rings is 2. The number of fused-ring (bicyclic) bond motifs is 2. The second-order valence-electron chi connectivity index (χ2n) is 6.82. The lowest BCUT2D eigenvalue weighted by Crippen LogP contribution is -2.44. The third kappa shape index (κ3) is 3.18. The molecule has 2 aromatic carbocycles. The number of hydrogen-bond donors (Lipinski definition) is 1. The maximum absolute atomic E-state index is 12.8. The minimum atomic E-state index is -0.265. The van der Waals surface area contributed by atoms with Crippen LogP contribution in [0.4, 0.5) is 10.5 Å². The summed E-state index contributed by atoms with van der Waals surface area (Å²) in [6.45, 7) is 2.98. The highest BCUT2D eigenvalue weighted by Gasteiger charge is 2.45. The van der Waals surface area contributed by atoms with E-state index < -0.39 is 0 Å². The Labute approximate surface area is 156 Å². The zero-order valence-electron chi connectivity index (χ0n) is 14.0. The summed E-state index contributed by atoms with van der Waals surface area (Å²) in [7, 11) is 0. The summed E-state index contributed by atoms with van der Waals surface area (Å²) in [6.07, 6.45) is 1.83. The van der Waals surface area contributed by atoms with Crippen molar-refractivity contribution < 1.29 is 9.53 Å². The largest absolute Gasteiger partial charge is 0.444 e. The molecule has 0 unspecified atom stereocenters. The van der Waals surface area contributed by atoms with Crippen molar-refractivity contribution in [1.82, 2.24) is 5.32 Å². The molecule has 130 valence electrons. The highest BCUT2D eigenvalue weighted by atomic mass is 79.9. The fraction of sp³-hybridized carbons (Fsp3) is 0.350. The van der Waals surface area contributed by atoms with Crippen molar-refractivity contribution in [3.63, 3.8) is 0 Å². The van der Waals surface area contributed by atoms with E-state index in [1.54, 1.807) is 0 Å². The number of rotatable bonds is 2. The van der Waals surface area contributed by atoms with Gasteiger partial charge in [-0.25, -0.2) is 4.79 Å². The van der Waals surface area contributed by atoms with Crippen LogP contribution in [0.2, 0.25) is 0 Å². The van der Waals surface area contributed by atoms with Crippen LogP contribution in [-0.2, 0) is 16.8 Å². The zero-order valence-corrected chi connectivity index (χ0v) is 15.6. The Morgan fingerprint density at radius 1 is 1.16 bits per heavy atom. The summed E-state index contributed by atoms with van der Waals surface area (Å²) < 4.78 is 6.58. The third-order valence-electron chi connectivity index (χ3n) is 5.27. The molecule has 4 nitrogen and oxygen atoms in total. The molecule has 1 amide bonds. The number of carbonyl (C=O) groups is 1. The highest BCUT2D eigenvalue weighted by molar-refractivity contribution is 9.10. The van der Waals surface area contributed by atoms with Gasteiger partial charge in [0.05, 0.1) is 5.69 Å². The molecule has 0 aromatic heterocycles. The summed E-state index contributed by atoms with van der Waals surface area (Å²) in [5.74, 6) is 0. The molecule has 5 heteroatoms. The van der Waals surface area contributed by atoms with Crippen molar-refractivity contribution in [2.75, 3.05) is 24.5 Å². The van der Waals surface area contributed by atoms with Crippen LogP contribution < -0.4 is 10.2 Å². The number of nitrogens with one attached hydrogen (secondary N) is 1. The number of halogens is 1. The van der Waals surface area contributed by atoms with Crippen LogP contribution in [0.15, 0.2) is 53.0 Å². The number of carbonyl (C=O) groups excluding carboxylic acids is 1. The van der Waals surface area contributed by atoms with Crippen molar-refractivity contribution >= 4 is 27.7 Å². The maximum atomic E-state index is 12.8. The van der Waals surface area contributed by atoms with Gasteiger partial charge in [-0.15, -0.1) is 0 Å². The SMILES string of the molecule is O=C(OCc1ccccc1)N1CC2(CCNCC2)c2ccc(Br)cc21. The van der Waals surface area contributed by atoms with E-state index in [1.807, 2.05) is 41.3 Å². The smallest absolute Gasteiger partial charge is 0.414 e. The molecule has 2 aromatic rings. The van der Waals surface area contributed by atoms with E-state index in [0.717, 1.165) is 41.7 Å². The van der Waals surface area contributed by atoms with E-state index in [0.29, 0.717) is 13.2 Å². The average Bonchev–Trinajstić information content (AvgIpc) is 2.94. The van der Waals surface area contributed by atoms with Crippen molar-refractivity contribution in [1.29, 1.82) is 0 Å². The Bertz CT molecular complexity index is 773. The van der Waals surface area contributed by atoms with Crippen molar-refractivity contribution in [3.8, 4) is 0 Å². The van der Waals surface area contributed by atoms with Crippen LogP contribution in [0.5, 0.6) is 0 Å². The van der Waals surface area contributed by atoms with Crippen LogP contribution in [-0.4, -0.2) is 25.7 Å². The minimum absolute atomic E-state index is 0.0487. The Hall–Kier alpha value is -1.85. The zero-order chi connectivity index (χ0) is 17.3.